The number of aryl methyl sites for hydroxylation is 1. The fourth-order valence-corrected chi connectivity index (χ4v) is 2.60. The smallest absolute Gasteiger partial charge is 0.120 e. The number of ether oxygens (including phenoxy) is 1. The van der Waals surface area contributed by atoms with Gasteiger partial charge >= 0.3 is 0 Å². The quantitative estimate of drug-likeness (QED) is 0.861. The van der Waals surface area contributed by atoms with E-state index in [1.54, 1.807) is 0 Å². The molecule has 1 aromatic carbocycles. The van der Waals surface area contributed by atoms with Crippen molar-refractivity contribution in [2.75, 3.05) is 6.54 Å². The zero-order valence-corrected chi connectivity index (χ0v) is 10.9. The highest BCUT2D eigenvalue weighted by Crippen LogP contribution is 2.24. The van der Waals surface area contributed by atoms with Crippen molar-refractivity contribution in [2.24, 2.45) is 0 Å². The molecular formula is C15H23NO. The van der Waals surface area contributed by atoms with Crippen molar-refractivity contribution in [1.29, 1.82) is 0 Å². The second kappa shape index (κ2) is 6.06. The molecule has 2 atom stereocenters. The number of nitrogens with one attached hydrogen (secondary N) is 1. The first kappa shape index (κ1) is 12.4. The summed E-state index contributed by atoms with van der Waals surface area (Å²) in [4.78, 5) is 0. The van der Waals surface area contributed by atoms with Gasteiger partial charge in [-0.2, -0.15) is 0 Å². The molecule has 0 heterocycles. The monoisotopic (exact) mass is 233 g/mol. The predicted octanol–water partition coefficient (Wildman–Crippen LogP) is 3.29. The lowest BCUT2D eigenvalue weighted by Gasteiger charge is -2.32. The van der Waals surface area contributed by atoms with E-state index in [4.69, 9.17) is 4.74 Å². The van der Waals surface area contributed by atoms with Crippen molar-refractivity contribution in [2.45, 2.75) is 51.7 Å². The lowest BCUT2D eigenvalue weighted by Crippen LogP contribution is -2.45. The van der Waals surface area contributed by atoms with E-state index in [9.17, 15) is 0 Å². The van der Waals surface area contributed by atoms with E-state index < -0.39 is 0 Å². The highest BCUT2D eigenvalue weighted by molar-refractivity contribution is 5.27. The Labute approximate surface area is 104 Å². The van der Waals surface area contributed by atoms with Gasteiger partial charge < -0.3 is 10.1 Å². The summed E-state index contributed by atoms with van der Waals surface area (Å²) in [6.45, 7) is 5.30. The van der Waals surface area contributed by atoms with Gasteiger partial charge in [0.1, 0.15) is 11.9 Å². The molecule has 1 fully saturated rings. The maximum Gasteiger partial charge on any atom is 0.120 e. The molecular weight excluding hydrogens is 210 g/mol. The minimum absolute atomic E-state index is 0.338. The lowest BCUT2D eigenvalue weighted by atomic mass is 9.92. The summed E-state index contributed by atoms with van der Waals surface area (Å²) >= 11 is 0. The van der Waals surface area contributed by atoms with E-state index in [1.165, 1.54) is 31.2 Å². The van der Waals surface area contributed by atoms with Gasteiger partial charge in [-0.15, -0.1) is 0 Å². The molecule has 1 aliphatic rings. The lowest BCUT2D eigenvalue weighted by molar-refractivity contribution is 0.115. The molecule has 0 aromatic heterocycles. The Morgan fingerprint density at radius 3 is 2.88 bits per heavy atom. The van der Waals surface area contributed by atoms with Gasteiger partial charge in [0.15, 0.2) is 0 Å². The van der Waals surface area contributed by atoms with Crippen LogP contribution in [0, 0.1) is 6.92 Å². The van der Waals surface area contributed by atoms with Crippen LogP contribution in [0.2, 0.25) is 0 Å². The third-order valence-corrected chi connectivity index (χ3v) is 3.45. The van der Waals surface area contributed by atoms with Gasteiger partial charge in [-0.25, -0.2) is 0 Å². The number of hydrogen-bond acceptors (Lipinski definition) is 2. The largest absolute Gasteiger partial charge is 0.489 e. The molecule has 1 aliphatic carbocycles. The van der Waals surface area contributed by atoms with Gasteiger partial charge in [-0.1, -0.05) is 25.5 Å². The molecule has 1 aromatic rings. The fourth-order valence-electron chi connectivity index (χ4n) is 2.60. The molecule has 2 unspecified atom stereocenters. The van der Waals surface area contributed by atoms with E-state index >= 15 is 0 Å². The number of likely N-dealkylation sites (N-methyl/N-ethyl adjacent to an activating group) is 1. The van der Waals surface area contributed by atoms with Crippen LogP contribution in [-0.4, -0.2) is 18.7 Å². The SMILES string of the molecule is CCNC1CCCCC1Oc1cccc(C)c1. The van der Waals surface area contributed by atoms with Crippen molar-refractivity contribution in [3.63, 3.8) is 0 Å². The van der Waals surface area contributed by atoms with Crippen molar-refractivity contribution in [1.82, 2.24) is 5.32 Å². The highest BCUT2D eigenvalue weighted by atomic mass is 16.5. The average molecular weight is 233 g/mol. The van der Waals surface area contributed by atoms with Crippen LogP contribution in [0.5, 0.6) is 5.75 Å². The number of hydrogen-bond donors (Lipinski definition) is 1. The third kappa shape index (κ3) is 3.47. The molecule has 1 N–H and O–H groups in total. The molecule has 0 spiro atoms. The first-order chi connectivity index (χ1) is 8.29. The van der Waals surface area contributed by atoms with Crippen LogP contribution >= 0.6 is 0 Å². The maximum absolute atomic E-state index is 6.14. The van der Waals surface area contributed by atoms with Crippen LogP contribution in [-0.2, 0) is 0 Å². The molecule has 0 aliphatic heterocycles. The zero-order chi connectivity index (χ0) is 12.1. The molecule has 94 valence electrons. The molecule has 0 amide bonds. The van der Waals surface area contributed by atoms with Gasteiger partial charge in [-0.3, -0.25) is 0 Å². The van der Waals surface area contributed by atoms with Crippen LogP contribution in [0.1, 0.15) is 38.2 Å². The molecule has 1 saturated carbocycles. The number of benzene rings is 1. The summed E-state index contributed by atoms with van der Waals surface area (Å²) in [5.74, 6) is 1.01. The molecule has 0 radical (unpaired) electrons. The van der Waals surface area contributed by atoms with Crippen molar-refractivity contribution in [3.05, 3.63) is 29.8 Å². The summed E-state index contributed by atoms with van der Waals surface area (Å²) < 4.78 is 6.14. The summed E-state index contributed by atoms with van der Waals surface area (Å²) in [6.07, 6.45) is 5.37. The molecule has 2 heteroatoms. The van der Waals surface area contributed by atoms with Crippen molar-refractivity contribution in [3.8, 4) is 5.75 Å². The van der Waals surface area contributed by atoms with E-state index in [2.05, 4.69) is 43.4 Å². The Morgan fingerprint density at radius 1 is 1.29 bits per heavy atom. The maximum atomic E-state index is 6.14. The number of rotatable bonds is 4. The Hall–Kier alpha value is -1.02. The van der Waals surface area contributed by atoms with Gasteiger partial charge in [0.25, 0.3) is 0 Å². The summed E-state index contributed by atoms with van der Waals surface area (Å²) in [6, 6.07) is 8.88. The van der Waals surface area contributed by atoms with Gasteiger partial charge in [0.2, 0.25) is 0 Å². The second-order valence-electron chi connectivity index (χ2n) is 4.92. The van der Waals surface area contributed by atoms with E-state index in [1.807, 2.05) is 0 Å². The van der Waals surface area contributed by atoms with E-state index in [-0.39, 0.29) is 0 Å². The van der Waals surface area contributed by atoms with Crippen LogP contribution in [0.3, 0.4) is 0 Å². The topological polar surface area (TPSA) is 21.3 Å². The molecule has 2 nitrogen and oxygen atoms in total. The van der Waals surface area contributed by atoms with E-state index in [0.717, 1.165) is 12.3 Å². The summed E-state index contributed by atoms with van der Waals surface area (Å²) in [5, 5.41) is 3.54. The van der Waals surface area contributed by atoms with Gasteiger partial charge in [0, 0.05) is 6.04 Å². The Balaban J connectivity index is 2.00. The predicted molar refractivity (Wildman–Crippen MR) is 71.5 cm³/mol. The minimum atomic E-state index is 0.338. The van der Waals surface area contributed by atoms with Crippen LogP contribution in [0.4, 0.5) is 0 Å². The van der Waals surface area contributed by atoms with Gasteiger partial charge in [-0.05, 0) is 50.4 Å². The molecule has 0 bridgehead atoms. The standard InChI is InChI=1S/C15H23NO/c1-3-16-14-9-4-5-10-15(14)17-13-8-6-7-12(2)11-13/h6-8,11,14-16H,3-5,9-10H2,1-2H3. The minimum Gasteiger partial charge on any atom is -0.489 e. The third-order valence-electron chi connectivity index (χ3n) is 3.45. The normalized spacial score (nSPS) is 24.6. The Morgan fingerprint density at radius 2 is 2.12 bits per heavy atom. The van der Waals surface area contributed by atoms with E-state index in [0.29, 0.717) is 12.1 Å². The second-order valence-corrected chi connectivity index (χ2v) is 4.92. The van der Waals surface area contributed by atoms with Crippen molar-refractivity contribution < 1.29 is 4.74 Å². The summed E-state index contributed by atoms with van der Waals surface area (Å²) in [5.41, 5.74) is 1.26. The first-order valence-electron chi connectivity index (χ1n) is 6.76. The Kier molecular flexibility index (Phi) is 4.43. The highest BCUT2D eigenvalue weighted by Gasteiger charge is 2.25. The first-order valence-corrected chi connectivity index (χ1v) is 6.76. The molecule has 2 rings (SSSR count). The Bertz CT molecular complexity index is 349. The van der Waals surface area contributed by atoms with Crippen LogP contribution < -0.4 is 10.1 Å². The van der Waals surface area contributed by atoms with Crippen LogP contribution in [0.15, 0.2) is 24.3 Å². The van der Waals surface area contributed by atoms with Crippen molar-refractivity contribution >= 4 is 0 Å². The fraction of sp³-hybridized carbons (Fsp3) is 0.600. The molecule has 0 saturated heterocycles. The van der Waals surface area contributed by atoms with Gasteiger partial charge in [0.05, 0.1) is 0 Å². The zero-order valence-electron chi connectivity index (χ0n) is 10.9. The molecule has 17 heavy (non-hydrogen) atoms. The van der Waals surface area contributed by atoms with Crippen LogP contribution in [0.25, 0.3) is 0 Å². The summed E-state index contributed by atoms with van der Waals surface area (Å²) in [7, 11) is 0. The average Bonchev–Trinajstić information content (AvgIpc) is 2.32.